The molecule has 0 aliphatic heterocycles. The van der Waals surface area contributed by atoms with E-state index in [0.29, 0.717) is 22.2 Å². The van der Waals surface area contributed by atoms with E-state index in [0.717, 1.165) is 6.07 Å². The van der Waals surface area contributed by atoms with E-state index in [1.165, 1.54) is 36.2 Å². The first-order valence-electron chi connectivity index (χ1n) is 12.1. The summed E-state index contributed by atoms with van der Waals surface area (Å²) in [5, 5.41) is 19.8. The van der Waals surface area contributed by atoms with E-state index in [2.05, 4.69) is 15.7 Å². The number of nitrogens with one attached hydrogen (secondary N) is 2. The van der Waals surface area contributed by atoms with Crippen LogP contribution in [0.1, 0.15) is 35.3 Å². The molecule has 0 unspecified atom stereocenters. The van der Waals surface area contributed by atoms with Crippen molar-refractivity contribution in [3.8, 4) is 11.4 Å². The molecule has 0 spiro atoms. The summed E-state index contributed by atoms with van der Waals surface area (Å²) in [6.07, 6.45) is -3.19. The fourth-order valence-corrected chi connectivity index (χ4v) is 4.16. The van der Waals surface area contributed by atoms with Gasteiger partial charge in [-0.2, -0.15) is 18.3 Å². The van der Waals surface area contributed by atoms with Crippen LogP contribution < -0.4 is 15.4 Å². The number of amides is 2. The molecule has 3 aromatic carbocycles. The third-order valence-corrected chi connectivity index (χ3v) is 6.66. The smallest absolute Gasteiger partial charge is 0.420 e. The minimum Gasteiger partial charge on any atom is -0.496 e. The molecule has 12 heteroatoms. The molecule has 4 aromatic rings. The summed E-state index contributed by atoms with van der Waals surface area (Å²) >= 11 is 6.29. The summed E-state index contributed by atoms with van der Waals surface area (Å²) in [6, 6.07) is 13.3. The number of anilines is 1. The number of nitrogens with zero attached hydrogens (tertiary/aromatic N) is 2. The zero-order valence-electron chi connectivity index (χ0n) is 21.8. The second-order valence-corrected chi connectivity index (χ2v) is 10.1. The van der Waals surface area contributed by atoms with E-state index < -0.39 is 23.1 Å². The van der Waals surface area contributed by atoms with Crippen LogP contribution in [0.15, 0.2) is 60.8 Å². The van der Waals surface area contributed by atoms with Crippen LogP contribution in [0, 0.1) is 5.41 Å². The Balaban J connectivity index is 1.61. The maximum Gasteiger partial charge on any atom is 0.420 e. The minimum atomic E-state index is -4.63. The van der Waals surface area contributed by atoms with E-state index in [1.807, 2.05) is 0 Å². The van der Waals surface area contributed by atoms with Crippen molar-refractivity contribution >= 4 is 40.0 Å². The number of carbonyl (C=O) groups excluding carboxylic acids is 2. The highest BCUT2D eigenvalue weighted by Crippen LogP contribution is 2.38. The topological polar surface area (TPSA) is 105 Å². The van der Waals surface area contributed by atoms with Crippen molar-refractivity contribution in [2.75, 3.05) is 19.0 Å². The molecule has 2 amide bonds. The molecule has 0 aliphatic rings. The number of hydrogen-bond donors (Lipinski definition) is 3. The molecular formula is C28H26ClF3N4O4. The number of benzene rings is 3. The van der Waals surface area contributed by atoms with Gasteiger partial charge in [-0.25, -0.2) is 4.68 Å². The third-order valence-electron chi connectivity index (χ3n) is 6.33. The Hall–Kier alpha value is -4.09. The van der Waals surface area contributed by atoms with Gasteiger partial charge in [-0.15, -0.1) is 0 Å². The van der Waals surface area contributed by atoms with Gasteiger partial charge in [0.15, 0.2) is 0 Å². The van der Waals surface area contributed by atoms with Crippen LogP contribution in [-0.2, 0) is 17.5 Å². The van der Waals surface area contributed by atoms with Gasteiger partial charge < -0.3 is 20.5 Å². The Morgan fingerprint density at radius 2 is 1.85 bits per heavy atom. The average Bonchev–Trinajstić information content (AvgIpc) is 3.36. The monoisotopic (exact) mass is 574 g/mol. The number of hydrogen-bond acceptors (Lipinski definition) is 5. The number of fused-ring (bicyclic) bond motifs is 1. The molecule has 40 heavy (non-hydrogen) atoms. The van der Waals surface area contributed by atoms with Gasteiger partial charge >= 0.3 is 6.18 Å². The summed E-state index contributed by atoms with van der Waals surface area (Å²) in [7, 11) is 1.17. The molecule has 0 aliphatic carbocycles. The third kappa shape index (κ3) is 5.90. The van der Waals surface area contributed by atoms with Crippen LogP contribution in [-0.4, -0.2) is 40.4 Å². The van der Waals surface area contributed by atoms with Crippen LogP contribution in [0.4, 0.5) is 18.9 Å². The Bertz CT molecular complexity index is 1580. The van der Waals surface area contributed by atoms with Gasteiger partial charge in [0.05, 0.1) is 58.4 Å². The molecule has 1 heterocycles. The lowest BCUT2D eigenvalue weighted by atomic mass is 9.93. The lowest BCUT2D eigenvalue weighted by Gasteiger charge is -2.20. The average molecular weight is 575 g/mol. The second kappa shape index (κ2) is 11.2. The number of aliphatic hydroxyl groups excluding tert-OH is 1. The van der Waals surface area contributed by atoms with Crippen LogP contribution in [0.25, 0.3) is 16.6 Å². The van der Waals surface area contributed by atoms with Crippen LogP contribution in [0.3, 0.4) is 0 Å². The molecule has 0 saturated heterocycles. The van der Waals surface area contributed by atoms with Crippen molar-refractivity contribution in [1.82, 2.24) is 15.1 Å². The summed E-state index contributed by atoms with van der Waals surface area (Å²) < 4.78 is 46.9. The van der Waals surface area contributed by atoms with Gasteiger partial charge in [-0.05, 0) is 61.9 Å². The molecule has 0 bridgehead atoms. The second-order valence-electron chi connectivity index (χ2n) is 9.67. The predicted octanol–water partition coefficient (Wildman–Crippen LogP) is 5.59. The van der Waals surface area contributed by atoms with Crippen molar-refractivity contribution in [1.29, 1.82) is 0 Å². The summed E-state index contributed by atoms with van der Waals surface area (Å²) in [6.45, 7) is 3.01. The van der Waals surface area contributed by atoms with Gasteiger partial charge in [0.1, 0.15) is 5.75 Å². The number of aliphatic hydroxyl groups is 1. The van der Waals surface area contributed by atoms with Gasteiger partial charge in [-0.1, -0.05) is 23.7 Å². The fraction of sp³-hybridized carbons (Fsp3) is 0.250. The van der Waals surface area contributed by atoms with Crippen molar-refractivity contribution in [2.45, 2.75) is 26.6 Å². The molecule has 0 fully saturated rings. The van der Waals surface area contributed by atoms with E-state index in [1.54, 1.807) is 44.2 Å². The van der Waals surface area contributed by atoms with Crippen molar-refractivity contribution in [3.63, 3.8) is 0 Å². The Kier molecular flexibility index (Phi) is 8.08. The van der Waals surface area contributed by atoms with Gasteiger partial charge in [0, 0.05) is 11.9 Å². The molecule has 1 aromatic heterocycles. The van der Waals surface area contributed by atoms with E-state index in [-0.39, 0.29) is 41.1 Å². The van der Waals surface area contributed by atoms with Crippen LogP contribution in [0.5, 0.6) is 5.75 Å². The van der Waals surface area contributed by atoms with Crippen molar-refractivity contribution in [2.24, 2.45) is 5.41 Å². The highest BCUT2D eigenvalue weighted by molar-refractivity contribution is 6.34. The van der Waals surface area contributed by atoms with Crippen molar-refractivity contribution < 1.29 is 32.6 Å². The summed E-state index contributed by atoms with van der Waals surface area (Å²) in [5.74, 6) is -1.19. The highest BCUT2D eigenvalue weighted by Gasteiger charge is 2.35. The first-order valence-corrected chi connectivity index (χ1v) is 12.4. The molecular weight excluding hydrogens is 549 g/mol. The van der Waals surface area contributed by atoms with Gasteiger partial charge in [0.2, 0.25) is 5.91 Å². The molecule has 8 nitrogen and oxygen atoms in total. The highest BCUT2D eigenvalue weighted by atomic mass is 35.5. The van der Waals surface area contributed by atoms with E-state index in [9.17, 15) is 27.9 Å². The lowest BCUT2D eigenvalue weighted by Crippen LogP contribution is -2.38. The largest absolute Gasteiger partial charge is 0.496 e. The quantitative estimate of drug-likeness (QED) is 0.254. The molecule has 210 valence electrons. The molecule has 0 atom stereocenters. The summed E-state index contributed by atoms with van der Waals surface area (Å²) in [5.41, 5.74) is -0.134. The predicted molar refractivity (Wildman–Crippen MR) is 145 cm³/mol. The Morgan fingerprint density at radius 1 is 1.10 bits per heavy atom. The number of carbonyl (C=O) groups is 2. The molecule has 3 N–H and O–H groups in total. The van der Waals surface area contributed by atoms with Gasteiger partial charge in [0.25, 0.3) is 5.91 Å². The number of halogens is 4. The SMILES string of the molecule is COc1ccc(-n2ncc3c(NC(=O)c4cc(CNC(=O)C(C)(C)CO)ccc4Cl)cccc32)cc1C(F)(F)F. The van der Waals surface area contributed by atoms with E-state index >= 15 is 0 Å². The number of ether oxygens (including phenoxy) is 1. The van der Waals surface area contributed by atoms with Crippen LogP contribution in [0.2, 0.25) is 5.02 Å². The zero-order valence-corrected chi connectivity index (χ0v) is 22.5. The molecule has 4 rings (SSSR count). The first-order chi connectivity index (χ1) is 18.9. The first kappa shape index (κ1) is 28.9. The van der Waals surface area contributed by atoms with Crippen LogP contribution >= 0.6 is 11.6 Å². The molecule has 0 radical (unpaired) electrons. The maximum atomic E-state index is 13.6. The summed E-state index contributed by atoms with van der Waals surface area (Å²) in [4.78, 5) is 25.5. The Labute approximate surface area is 232 Å². The normalized spacial score (nSPS) is 11.9. The maximum absolute atomic E-state index is 13.6. The number of aromatic nitrogens is 2. The minimum absolute atomic E-state index is 0.115. The Morgan fingerprint density at radius 3 is 2.52 bits per heavy atom. The number of alkyl halides is 3. The van der Waals surface area contributed by atoms with Crippen molar-refractivity contribution in [3.05, 3.63) is 82.5 Å². The van der Waals surface area contributed by atoms with Gasteiger partial charge in [-0.3, -0.25) is 9.59 Å². The standard InChI is InChI=1S/C28H26ClF3N4O4/c1-27(2,15-37)26(39)33-13-16-7-9-21(29)18(11-16)25(38)35-22-5-4-6-23-19(22)14-34-36(23)17-8-10-24(40-3)20(12-17)28(30,31)32/h4-12,14,37H,13,15H2,1-3H3,(H,33,39)(H,35,38). The fourth-order valence-electron chi connectivity index (χ4n) is 3.95. The lowest BCUT2D eigenvalue weighted by molar-refractivity contribution is -0.138. The molecule has 0 saturated carbocycles. The van der Waals surface area contributed by atoms with E-state index in [4.69, 9.17) is 16.3 Å². The zero-order chi connectivity index (χ0) is 29.2. The number of methoxy groups -OCH3 is 1. The number of rotatable bonds is 8.